The van der Waals surface area contributed by atoms with E-state index in [1.54, 1.807) is 67.8 Å². The largest absolute Gasteiger partial charge is 0.497 e. The molecule has 0 unspecified atom stereocenters. The molecule has 8 nitrogen and oxygen atoms in total. The summed E-state index contributed by atoms with van der Waals surface area (Å²) in [6.07, 6.45) is 0. The standard InChI is InChI=1S/C24H25ClN2O6S/c1-31-20-10-12-23(13-11-20)34(29,30)27(19-8-6-18(25)7-9-19)17-24(28)26-14-15-33-22-5-3-4-21(16-22)32-2/h3-13,16H,14-15,17H2,1-2H3,(H,26,28). The molecule has 0 aliphatic heterocycles. The van der Waals surface area contributed by atoms with Gasteiger partial charge in [-0.15, -0.1) is 0 Å². The predicted molar refractivity (Wildman–Crippen MR) is 130 cm³/mol. The van der Waals surface area contributed by atoms with Gasteiger partial charge in [0, 0.05) is 11.1 Å². The van der Waals surface area contributed by atoms with Crippen LogP contribution < -0.4 is 23.8 Å². The molecule has 0 radical (unpaired) electrons. The molecule has 3 rings (SSSR count). The Bertz CT molecular complexity index is 1200. The van der Waals surface area contributed by atoms with E-state index in [1.807, 2.05) is 0 Å². The van der Waals surface area contributed by atoms with Crippen LogP contribution in [0, 0.1) is 0 Å². The van der Waals surface area contributed by atoms with E-state index in [2.05, 4.69) is 5.32 Å². The van der Waals surface area contributed by atoms with Gasteiger partial charge in [-0.2, -0.15) is 0 Å². The van der Waals surface area contributed by atoms with Gasteiger partial charge in [-0.05, 0) is 60.7 Å². The zero-order chi connectivity index (χ0) is 24.6. The van der Waals surface area contributed by atoms with Crippen LogP contribution in [-0.2, 0) is 14.8 Å². The van der Waals surface area contributed by atoms with Crippen molar-refractivity contribution in [1.29, 1.82) is 0 Å². The minimum atomic E-state index is -4.04. The number of hydrogen-bond donors (Lipinski definition) is 1. The highest BCUT2D eigenvalue weighted by Gasteiger charge is 2.27. The van der Waals surface area contributed by atoms with Crippen molar-refractivity contribution in [1.82, 2.24) is 5.32 Å². The van der Waals surface area contributed by atoms with Gasteiger partial charge in [0.25, 0.3) is 10.0 Å². The van der Waals surface area contributed by atoms with Gasteiger partial charge in [0.1, 0.15) is 30.4 Å². The number of anilines is 1. The highest BCUT2D eigenvalue weighted by atomic mass is 35.5. The summed E-state index contributed by atoms with van der Waals surface area (Å²) in [5.41, 5.74) is 0.308. The Balaban J connectivity index is 1.69. The first-order chi connectivity index (χ1) is 16.3. The minimum absolute atomic E-state index is 0.0254. The average Bonchev–Trinajstić information content (AvgIpc) is 2.86. The van der Waals surface area contributed by atoms with Crippen LogP contribution in [0.5, 0.6) is 17.2 Å². The first-order valence-electron chi connectivity index (χ1n) is 10.3. The van der Waals surface area contributed by atoms with Gasteiger partial charge in [-0.25, -0.2) is 8.42 Å². The van der Waals surface area contributed by atoms with E-state index in [-0.39, 0.29) is 18.0 Å². The van der Waals surface area contributed by atoms with Gasteiger partial charge in [0.15, 0.2) is 0 Å². The fraction of sp³-hybridized carbons (Fsp3) is 0.208. The summed E-state index contributed by atoms with van der Waals surface area (Å²) in [6.45, 7) is -0.0344. The van der Waals surface area contributed by atoms with Crippen LogP contribution in [0.15, 0.2) is 77.7 Å². The third kappa shape index (κ3) is 6.55. The number of rotatable bonds is 11. The summed E-state index contributed by atoms with van der Waals surface area (Å²) >= 11 is 5.96. The minimum Gasteiger partial charge on any atom is -0.497 e. The maximum Gasteiger partial charge on any atom is 0.264 e. The Morgan fingerprint density at radius 2 is 1.56 bits per heavy atom. The zero-order valence-corrected chi connectivity index (χ0v) is 20.3. The summed E-state index contributed by atoms with van der Waals surface area (Å²) in [5.74, 6) is 1.29. The molecule has 0 bridgehead atoms. The van der Waals surface area contributed by atoms with Gasteiger partial charge < -0.3 is 19.5 Å². The highest BCUT2D eigenvalue weighted by molar-refractivity contribution is 7.92. The summed E-state index contributed by atoms with van der Waals surface area (Å²) in [4.78, 5) is 12.7. The van der Waals surface area contributed by atoms with Crippen LogP contribution in [0.4, 0.5) is 5.69 Å². The molecule has 180 valence electrons. The van der Waals surface area contributed by atoms with E-state index in [4.69, 9.17) is 25.8 Å². The van der Waals surface area contributed by atoms with Gasteiger partial charge in [-0.3, -0.25) is 9.10 Å². The number of hydrogen-bond acceptors (Lipinski definition) is 6. The SMILES string of the molecule is COc1ccc(S(=O)(=O)N(CC(=O)NCCOc2cccc(OC)c2)c2ccc(Cl)cc2)cc1. The van der Waals surface area contributed by atoms with Crippen molar-refractivity contribution in [2.24, 2.45) is 0 Å². The fourth-order valence-corrected chi connectivity index (χ4v) is 4.58. The Morgan fingerprint density at radius 3 is 2.21 bits per heavy atom. The van der Waals surface area contributed by atoms with E-state index in [9.17, 15) is 13.2 Å². The summed E-state index contributed by atoms with van der Waals surface area (Å²) < 4.78 is 43.6. The number of amides is 1. The molecule has 3 aromatic rings. The molecule has 0 heterocycles. The Morgan fingerprint density at radius 1 is 0.912 bits per heavy atom. The first-order valence-corrected chi connectivity index (χ1v) is 12.1. The molecule has 0 fully saturated rings. The van der Waals surface area contributed by atoms with Crippen molar-refractivity contribution in [3.05, 3.63) is 77.8 Å². The molecule has 0 saturated heterocycles. The third-order valence-electron chi connectivity index (χ3n) is 4.78. The summed E-state index contributed by atoms with van der Waals surface area (Å²) in [7, 11) is -0.986. The van der Waals surface area contributed by atoms with Crippen LogP contribution in [-0.4, -0.2) is 48.2 Å². The number of methoxy groups -OCH3 is 2. The number of nitrogens with zero attached hydrogens (tertiary/aromatic N) is 1. The van der Waals surface area contributed by atoms with Crippen molar-refractivity contribution in [3.63, 3.8) is 0 Å². The van der Waals surface area contributed by atoms with Crippen molar-refractivity contribution in [2.45, 2.75) is 4.90 Å². The number of nitrogens with one attached hydrogen (secondary N) is 1. The Labute approximate surface area is 204 Å². The third-order valence-corrected chi connectivity index (χ3v) is 6.82. The van der Waals surface area contributed by atoms with Crippen LogP contribution in [0.3, 0.4) is 0 Å². The Hall–Kier alpha value is -3.43. The molecule has 10 heteroatoms. The lowest BCUT2D eigenvalue weighted by atomic mass is 10.3. The summed E-state index contributed by atoms with van der Waals surface area (Å²) in [5, 5.41) is 3.14. The van der Waals surface area contributed by atoms with Crippen molar-refractivity contribution in [2.75, 3.05) is 38.2 Å². The van der Waals surface area contributed by atoms with E-state index in [0.29, 0.717) is 28.0 Å². The van der Waals surface area contributed by atoms with E-state index in [0.717, 1.165) is 4.31 Å². The normalized spacial score (nSPS) is 10.9. The first kappa shape index (κ1) is 25.2. The van der Waals surface area contributed by atoms with Gasteiger partial charge >= 0.3 is 0 Å². The van der Waals surface area contributed by atoms with Crippen molar-refractivity contribution >= 4 is 33.2 Å². The van der Waals surface area contributed by atoms with Crippen molar-refractivity contribution < 1.29 is 27.4 Å². The monoisotopic (exact) mass is 504 g/mol. The molecule has 1 N–H and O–H groups in total. The molecule has 0 aliphatic rings. The molecular weight excluding hydrogens is 480 g/mol. The van der Waals surface area contributed by atoms with E-state index >= 15 is 0 Å². The molecule has 0 atom stereocenters. The summed E-state index contributed by atoms with van der Waals surface area (Å²) in [6, 6.07) is 19.2. The highest BCUT2D eigenvalue weighted by Crippen LogP contribution is 2.26. The average molecular weight is 505 g/mol. The van der Waals surface area contributed by atoms with Crippen LogP contribution in [0.2, 0.25) is 5.02 Å². The van der Waals surface area contributed by atoms with Gasteiger partial charge in [0.2, 0.25) is 5.91 Å². The fourth-order valence-electron chi connectivity index (χ4n) is 3.03. The lowest BCUT2D eigenvalue weighted by molar-refractivity contribution is -0.119. The molecule has 0 aromatic heterocycles. The predicted octanol–water partition coefficient (Wildman–Crippen LogP) is 3.75. The number of halogens is 1. The van der Waals surface area contributed by atoms with E-state index < -0.39 is 22.5 Å². The maximum absolute atomic E-state index is 13.4. The Kier molecular flexibility index (Phi) is 8.61. The van der Waals surface area contributed by atoms with Crippen molar-refractivity contribution in [3.8, 4) is 17.2 Å². The second-order valence-corrected chi connectivity index (χ2v) is 9.34. The number of sulfonamides is 1. The molecule has 1 amide bonds. The lowest BCUT2D eigenvalue weighted by Crippen LogP contribution is -2.41. The smallest absolute Gasteiger partial charge is 0.264 e. The maximum atomic E-state index is 13.4. The second-order valence-electron chi connectivity index (χ2n) is 7.04. The number of benzene rings is 3. The van der Waals surface area contributed by atoms with Gasteiger partial charge in [0.05, 0.1) is 31.3 Å². The lowest BCUT2D eigenvalue weighted by Gasteiger charge is -2.24. The zero-order valence-electron chi connectivity index (χ0n) is 18.7. The van der Waals surface area contributed by atoms with Crippen LogP contribution >= 0.6 is 11.6 Å². The topological polar surface area (TPSA) is 94.2 Å². The number of carbonyl (C=O) groups is 1. The molecule has 3 aromatic carbocycles. The molecular formula is C24H25ClN2O6S. The quantitative estimate of drug-likeness (QED) is 0.400. The van der Waals surface area contributed by atoms with Crippen LogP contribution in [0.25, 0.3) is 0 Å². The number of ether oxygens (including phenoxy) is 3. The molecule has 0 aliphatic carbocycles. The number of carbonyl (C=O) groups excluding carboxylic acids is 1. The second kappa shape index (κ2) is 11.6. The van der Waals surface area contributed by atoms with E-state index in [1.165, 1.54) is 19.2 Å². The van der Waals surface area contributed by atoms with Crippen LogP contribution in [0.1, 0.15) is 0 Å². The van der Waals surface area contributed by atoms with Gasteiger partial charge in [-0.1, -0.05) is 17.7 Å². The molecule has 0 saturated carbocycles. The molecule has 0 spiro atoms. The molecule has 34 heavy (non-hydrogen) atoms.